The van der Waals surface area contributed by atoms with Gasteiger partial charge in [-0.1, -0.05) is 18.2 Å². The SMILES string of the molecule is [PH3+]c1ccccc1. The van der Waals surface area contributed by atoms with Gasteiger partial charge in [0.1, 0.15) is 0 Å². The molecule has 0 spiro atoms. The van der Waals surface area contributed by atoms with Crippen molar-refractivity contribution in [2.24, 2.45) is 0 Å². The normalized spacial score (nSPS) is 9.14. The molecule has 0 heterocycles. The van der Waals surface area contributed by atoms with Gasteiger partial charge in [0.05, 0.1) is 5.30 Å². The Hall–Kier alpha value is -0.350. The predicted molar refractivity (Wildman–Crippen MR) is 37.2 cm³/mol. The van der Waals surface area contributed by atoms with Gasteiger partial charge in [0.25, 0.3) is 0 Å². The van der Waals surface area contributed by atoms with Crippen LogP contribution in [0.15, 0.2) is 30.3 Å². The van der Waals surface area contributed by atoms with Crippen molar-refractivity contribution in [2.45, 2.75) is 0 Å². The van der Waals surface area contributed by atoms with Crippen molar-refractivity contribution >= 4 is 14.5 Å². The fourth-order valence-electron chi connectivity index (χ4n) is 0.478. The molecule has 1 unspecified atom stereocenters. The first-order valence-electron chi connectivity index (χ1n) is 2.26. The van der Waals surface area contributed by atoms with Crippen LogP contribution in [-0.2, 0) is 0 Å². The fourth-order valence-corrected chi connectivity index (χ4v) is 0.750. The lowest BCUT2D eigenvalue weighted by molar-refractivity contribution is 1.78. The third kappa shape index (κ3) is 1.29. The molecule has 1 aromatic carbocycles. The molecule has 0 bridgehead atoms. The van der Waals surface area contributed by atoms with Gasteiger partial charge >= 0.3 is 0 Å². The monoisotopic (exact) mass is 111 g/mol. The maximum Gasteiger partial charge on any atom is 0.0865 e. The summed E-state index contributed by atoms with van der Waals surface area (Å²) in [5, 5.41) is 1.35. The molecule has 0 aromatic heterocycles. The van der Waals surface area contributed by atoms with Crippen molar-refractivity contribution in [1.82, 2.24) is 0 Å². The fraction of sp³-hybridized carbons (Fsp3) is 0. The van der Waals surface area contributed by atoms with Crippen LogP contribution in [0.5, 0.6) is 0 Å². The van der Waals surface area contributed by atoms with E-state index in [1.165, 1.54) is 5.30 Å². The second kappa shape index (κ2) is 2.09. The predicted octanol–water partition coefficient (Wildman–Crippen LogP) is 0.919. The Kier molecular flexibility index (Phi) is 1.43. The van der Waals surface area contributed by atoms with Gasteiger partial charge in [0.15, 0.2) is 0 Å². The second-order valence-electron chi connectivity index (χ2n) is 1.49. The molecule has 0 radical (unpaired) electrons. The highest BCUT2D eigenvalue weighted by atomic mass is 31.0. The zero-order chi connectivity index (χ0) is 5.11. The van der Waals surface area contributed by atoms with Crippen LogP contribution in [-0.4, -0.2) is 0 Å². The molecule has 0 nitrogen and oxygen atoms in total. The highest BCUT2D eigenvalue weighted by molar-refractivity contribution is 7.27. The molecule has 0 fully saturated rings. The molecular formula is C6H8P+. The minimum absolute atomic E-state index is 1.35. The maximum atomic E-state index is 2.10. The van der Waals surface area contributed by atoms with Crippen LogP contribution in [0.25, 0.3) is 0 Å². The number of benzene rings is 1. The summed E-state index contributed by atoms with van der Waals surface area (Å²) in [5.74, 6) is 0. The summed E-state index contributed by atoms with van der Waals surface area (Å²) in [6, 6.07) is 10.3. The van der Waals surface area contributed by atoms with Gasteiger partial charge in [0.2, 0.25) is 0 Å². The van der Waals surface area contributed by atoms with Crippen LogP contribution in [0.4, 0.5) is 0 Å². The van der Waals surface area contributed by atoms with E-state index in [0.717, 1.165) is 0 Å². The van der Waals surface area contributed by atoms with Gasteiger partial charge in [-0.3, -0.25) is 0 Å². The van der Waals surface area contributed by atoms with Crippen LogP contribution < -0.4 is 5.30 Å². The Labute approximate surface area is 45.8 Å². The molecule has 1 heteroatoms. The summed E-state index contributed by atoms with van der Waals surface area (Å²) < 4.78 is 0. The van der Waals surface area contributed by atoms with E-state index in [1.807, 2.05) is 27.4 Å². The van der Waals surface area contributed by atoms with Gasteiger partial charge in [-0.25, -0.2) is 0 Å². The number of hydrogen-bond acceptors (Lipinski definition) is 0. The average Bonchev–Trinajstić information content (AvgIpc) is 1.69. The minimum atomic E-state index is 1.35. The number of rotatable bonds is 0. The third-order valence-electron chi connectivity index (χ3n) is 0.843. The second-order valence-corrected chi connectivity index (χ2v) is 2.30. The van der Waals surface area contributed by atoms with Gasteiger partial charge in [-0.2, -0.15) is 0 Å². The molecule has 0 saturated heterocycles. The highest BCUT2D eigenvalue weighted by Gasteiger charge is 1.78. The molecule has 0 aliphatic carbocycles. The largest absolute Gasteiger partial charge is 0.0865 e. The van der Waals surface area contributed by atoms with Crippen molar-refractivity contribution in [3.05, 3.63) is 30.3 Å². The molecule has 36 valence electrons. The molecule has 7 heavy (non-hydrogen) atoms. The van der Waals surface area contributed by atoms with E-state index in [2.05, 4.69) is 12.1 Å². The van der Waals surface area contributed by atoms with Crippen LogP contribution in [0.1, 0.15) is 0 Å². The van der Waals surface area contributed by atoms with Crippen molar-refractivity contribution in [3.8, 4) is 0 Å². The van der Waals surface area contributed by atoms with E-state index in [0.29, 0.717) is 0 Å². The lowest BCUT2D eigenvalue weighted by Crippen LogP contribution is -1.82. The summed E-state index contributed by atoms with van der Waals surface area (Å²) in [6.07, 6.45) is 0. The first-order chi connectivity index (χ1) is 3.39. The standard InChI is InChI=1S/C6H7P/c7-6-4-2-1-3-5-6/h1-5H,7H2/p+1. The van der Waals surface area contributed by atoms with Crippen molar-refractivity contribution < 1.29 is 0 Å². The lowest BCUT2D eigenvalue weighted by atomic mass is 10.4. The summed E-state index contributed by atoms with van der Waals surface area (Å²) in [4.78, 5) is 0. The summed E-state index contributed by atoms with van der Waals surface area (Å²) in [6.45, 7) is 0. The van der Waals surface area contributed by atoms with Crippen molar-refractivity contribution in [2.75, 3.05) is 0 Å². The van der Waals surface area contributed by atoms with Gasteiger partial charge in [0, 0.05) is 9.24 Å². The van der Waals surface area contributed by atoms with Crippen molar-refractivity contribution in [3.63, 3.8) is 0 Å². The quantitative estimate of drug-likeness (QED) is 0.437. The minimum Gasteiger partial charge on any atom is -0.0620 e. The maximum absolute atomic E-state index is 2.10. The Morgan fingerprint density at radius 1 is 1.00 bits per heavy atom. The first kappa shape index (κ1) is 4.80. The zero-order valence-electron chi connectivity index (χ0n) is 4.09. The zero-order valence-corrected chi connectivity index (χ0v) is 5.51. The summed E-state index contributed by atoms with van der Waals surface area (Å²) in [7, 11) is 1.90. The lowest BCUT2D eigenvalue weighted by Gasteiger charge is -1.77. The molecule has 0 aliphatic rings. The van der Waals surface area contributed by atoms with E-state index in [1.54, 1.807) is 0 Å². The highest BCUT2D eigenvalue weighted by Crippen LogP contribution is 1.86. The topological polar surface area (TPSA) is 0 Å². The van der Waals surface area contributed by atoms with E-state index in [4.69, 9.17) is 0 Å². The van der Waals surface area contributed by atoms with E-state index in [-0.39, 0.29) is 0 Å². The Bertz CT molecular complexity index is 134. The van der Waals surface area contributed by atoms with E-state index in [9.17, 15) is 0 Å². The third-order valence-corrected chi connectivity index (χ3v) is 1.31. The van der Waals surface area contributed by atoms with Crippen LogP contribution in [0.2, 0.25) is 0 Å². The van der Waals surface area contributed by atoms with Gasteiger partial charge < -0.3 is 0 Å². The van der Waals surface area contributed by atoms with Gasteiger partial charge in [-0.15, -0.1) is 0 Å². The molecule has 1 rings (SSSR count). The molecule has 0 N–H and O–H groups in total. The molecular weight excluding hydrogens is 103 g/mol. The summed E-state index contributed by atoms with van der Waals surface area (Å²) in [5.41, 5.74) is 0. The molecule has 1 atom stereocenters. The van der Waals surface area contributed by atoms with Crippen LogP contribution >= 0.6 is 9.24 Å². The first-order valence-corrected chi connectivity index (χ1v) is 2.97. The smallest absolute Gasteiger partial charge is 0.0620 e. The van der Waals surface area contributed by atoms with Crippen molar-refractivity contribution in [1.29, 1.82) is 0 Å². The Morgan fingerprint density at radius 3 is 1.86 bits per heavy atom. The Balaban J connectivity index is 3.02. The molecule has 0 amide bonds. The van der Waals surface area contributed by atoms with Gasteiger partial charge in [-0.05, 0) is 12.1 Å². The average molecular weight is 111 g/mol. The van der Waals surface area contributed by atoms with Crippen LogP contribution in [0, 0.1) is 0 Å². The van der Waals surface area contributed by atoms with E-state index < -0.39 is 0 Å². The molecule has 0 saturated carbocycles. The van der Waals surface area contributed by atoms with Crippen LogP contribution in [0.3, 0.4) is 0 Å². The Morgan fingerprint density at radius 2 is 1.57 bits per heavy atom. The molecule has 1 aromatic rings. The summed E-state index contributed by atoms with van der Waals surface area (Å²) >= 11 is 0. The number of hydrogen-bond donors (Lipinski definition) is 0. The van der Waals surface area contributed by atoms with E-state index >= 15 is 0 Å². The molecule has 0 aliphatic heterocycles.